The van der Waals surface area contributed by atoms with Gasteiger partial charge in [-0.15, -0.1) is 0 Å². The first-order chi connectivity index (χ1) is 25.9. The summed E-state index contributed by atoms with van der Waals surface area (Å²) in [7, 11) is 0. The van der Waals surface area contributed by atoms with E-state index < -0.39 is 42.5 Å². The largest absolute Gasteiger partial charge is 0.452 e. The van der Waals surface area contributed by atoms with E-state index in [1.807, 2.05) is 13.8 Å². The Morgan fingerprint density at radius 1 is 0.926 bits per heavy atom. The van der Waals surface area contributed by atoms with Crippen LogP contribution in [0.2, 0.25) is 0 Å². The lowest BCUT2D eigenvalue weighted by molar-refractivity contribution is -0.142. The van der Waals surface area contributed by atoms with Crippen molar-refractivity contribution in [2.45, 2.75) is 123 Å². The quantitative estimate of drug-likeness (QED) is 0.177. The number of benzene rings is 1. The molecule has 1 aromatic carbocycles. The van der Waals surface area contributed by atoms with Gasteiger partial charge in [0.05, 0.1) is 19.3 Å². The number of hydrogen-bond acceptors (Lipinski definition) is 9. The smallest absolute Gasteiger partial charge is 0.407 e. The van der Waals surface area contributed by atoms with E-state index in [-0.39, 0.29) is 48.5 Å². The van der Waals surface area contributed by atoms with Gasteiger partial charge in [-0.1, -0.05) is 32.1 Å². The van der Waals surface area contributed by atoms with Crippen LogP contribution in [0.5, 0.6) is 0 Å². The number of esters is 1. The summed E-state index contributed by atoms with van der Waals surface area (Å²) >= 11 is 0. The molecule has 1 aliphatic heterocycles. The van der Waals surface area contributed by atoms with Crippen LogP contribution in [0.25, 0.3) is 11.0 Å². The Morgan fingerprint density at radius 2 is 1.61 bits per heavy atom. The van der Waals surface area contributed by atoms with Crippen LogP contribution in [0, 0.1) is 23.7 Å². The van der Waals surface area contributed by atoms with E-state index in [4.69, 9.17) is 23.4 Å². The van der Waals surface area contributed by atoms with E-state index in [9.17, 15) is 23.6 Å². The summed E-state index contributed by atoms with van der Waals surface area (Å²) in [6.07, 6.45) is 7.40. The zero-order valence-corrected chi connectivity index (χ0v) is 32.7. The molecule has 2 heterocycles. The molecule has 0 bridgehead atoms. The molecule has 0 unspecified atom stereocenters. The van der Waals surface area contributed by atoms with Crippen molar-refractivity contribution in [3.63, 3.8) is 0 Å². The van der Waals surface area contributed by atoms with Gasteiger partial charge >= 0.3 is 12.1 Å². The number of furan rings is 1. The van der Waals surface area contributed by atoms with Crippen LogP contribution in [0.1, 0.15) is 109 Å². The normalized spacial score (nSPS) is 23.0. The molecule has 1 saturated heterocycles. The van der Waals surface area contributed by atoms with Gasteiger partial charge in [-0.2, -0.15) is 0 Å². The van der Waals surface area contributed by atoms with Crippen LogP contribution < -0.4 is 10.6 Å². The zero-order valence-electron chi connectivity index (χ0n) is 32.7. The minimum Gasteiger partial charge on any atom is -0.452 e. The minimum atomic E-state index is -0.709. The van der Waals surface area contributed by atoms with Gasteiger partial charge in [0.15, 0.2) is 0 Å². The minimum absolute atomic E-state index is 0.0239. The number of amides is 3. The van der Waals surface area contributed by atoms with Crippen LogP contribution in [0.15, 0.2) is 28.7 Å². The molecule has 0 spiro atoms. The lowest BCUT2D eigenvalue weighted by atomic mass is 9.76. The van der Waals surface area contributed by atoms with Gasteiger partial charge in [0.25, 0.3) is 0 Å². The summed E-state index contributed by atoms with van der Waals surface area (Å²) in [5, 5.41) is 6.42. The third-order valence-electron chi connectivity index (χ3n) is 11.1. The summed E-state index contributed by atoms with van der Waals surface area (Å²) < 4.78 is 41.7. The highest BCUT2D eigenvalue weighted by Gasteiger charge is 2.47. The predicted octanol–water partition coefficient (Wildman–Crippen LogP) is 7.44. The lowest BCUT2D eigenvalue weighted by Crippen LogP contribution is -2.50. The number of nitrogens with zero attached hydrogens (tertiary/aromatic N) is 1. The average Bonchev–Trinajstić information content (AvgIpc) is 3.79. The van der Waals surface area contributed by atoms with Gasteiger partial charge in [-0.25, -0.2) is 14.0 Å². The maximum absolute atomic E-state index is 14.3. The van der Waals surface area contributed by atoms with Gasteiger partial charge < -0.3 is 38.9 Å². The molecule has 3 fully saturated rings. The maximum Gasteiger partial charge on any atom is 0.407 e. The molecule has 2 saturated carbocycles. The van der Waals surface area contributed by atoms with Crippen molar-refractivity contribution in [2.75, 3.05) is 45.0 Å². The third kappa shape index (κ3) is 11.0. The Hall–Kier alpha value is -3.71. The molecule has 54 heavy (non-hydrogen) atoms. The lowest BCUT2D eigenvalue weighted by Gasteiger charge is -2.37. The molecule has 3 aliphatic rings. The number of nitrogens with one attached hydrogen (secondary N) is 2. The molecule has 13 heteroatoms. The van der Waals surface area contributed by atoms with Gasteiger partial charge in [0, 0.05) is 36.8 Å². The van der Waals surface area contributed by atoms with Crippen molar-refractivity contribution in [3.8, 4) is 0 Å². The maximum atomic E-state index is 14.3. The Bertz CT molecular complexity index is 1550. The number of likely N-dealkylation sites (tertiary alicyclic amines) is 1. The topological polar surface area (TPSA) is 146 Å². The van der Waals surface area contributed by atoms with E-state index in [0.29, 0.717) is 68.0 Å². The fraction of sp³-hybridized carbons (Fsp3) is 0.707. The third-order valence-corrected chi connectivity index (χ3v) is 11.1. The molecule has 2 aromatic rings. The van der Waals surface area contributed by atoms with E-state index in [1.54, 1.807) is 49.9 Å². The summed E-state index contributed by atoms with van der Waals surface area (Å²) in [5.74, 6) is -0.803. The summed E-state index contributed by atoms with van der Waals surface area (Å²) in [6.45, 7) is 10.2. The van der Waals surface area contributed by atoms with Crippen LogP contribution in [-0.2, 0) is 28.5 Å². The van der Waals surface area contributed by atoms with Crippen molar-refractivity contribution in [1.29, 1.82) is 0 Å². The number of hydrogen-bond donors (Lipinski definition) is 2. The molecule has 3 atom stereocenters. The van der Waals surface area contributed by atoms with Crippen LogP contribution >= 0.6 is 0 Å². The standard InChI is InChI=1S/C41H60FN3O9/c1-6-50-24-31(25-51-7-2)52-39(48)35-22-29-21-30(17-18-34(29)53-35)43-37(46)36-32(26-11-9-8-10-12-26)19-20-45(36)38(47)28-15-13-27(14-16-28)33(23-42)44-40(49)54-41(3,4)5/h17-18,21-22,26-28,31-33,36H,6-16,19-20,23-25H2,1-5H3,(H,43,46)(H,44,49)/t27-,28-,32-,33+,36-/m0/s1. The molecule has 12 nitrogen and oxygen atoms in total. The molecule has 0 radical (unpaired) electrons. The number of fused-ring (bicyclic) bond motifs is 1. The highest BCUT2D eigenvalue weighted by Crippen LogP contribution is 2.41. The molecular weight excluding hydrogens is 697 g/mol. The Balaban J connectivity index is 1.26. The highest BCUT2D eigenvalue weighted by atomic mass is 19.1. The number of alkyl carbamates (subject to hydrolysis) is 1. The molecule has 1 aromatic heterocycles. The number of carbonyl (C=O) groups is 4. The van der Waals surface area contributed by atoms with Crippen molar-refractivity contribution in [3.05, 3.63) is 30.0 Å². The monoisotopic (exact) mass is 757 g/mol. The molecule has 2 N–H and O–H groups in total. The SMILES string of the molecule is CCOCC(COCC)OC(=O)c1cc2cc(NC(=O)[C@@H]3[C@H](C4CCCCC4)CCN3C(=O)[C@H]3CC[C@H]([C@@H](CF)NC(=O)OC(C)(C)C)CC3)ccc2o1. The highest BCUT2D eigenvalue weighted by molar-refractivity contribution is 6.00. The Kier molecular flexibility index (Phi) is 14.8. The van der Waals surface area contributed by atoms with Gasteiger partial charge in [0.2, 0.25) is 17.6 Å². The van der Waals surface area contributed by atoms with Crippen LogP contribution in [0.3, 0.4) is 0 Å². The first-order valence-electron chi connectivity index (χ1n) is 20.0. The fourth-order valence-corrected chi connectivity index (χ4v) is 8.46. The number of carbonyl (C=O) groups excluding carboxylic acids is 4. The van der Waals surface area contributed by atoms with Crippen molar-refractivity contribution < 1.29 is 46.9 Å². The number of anilines is 1. The second kappa shape index (κ2) is 19.2. The Morgan fingerprint density at radius 3 is 2.24 bits per heavy atom. The summed E-state index contributed by atoms with van der Waals surface area (Å²) in [6, 6.07) is 5.51. The summed E-state index contributed by atoms with van der Waals surface area (Å²) in [5.41, 5.74) is 0.318. The van der Waals surface area contributed by atoms with E-state index in [2.05, 4.69) is 10.6 Å². The molecule has 5 rings (SSSR count). The molecule has 3 amide bonds. The van der Waals surface area contributed by atoms with E-state index >= 15 is 0 Å². The predicted molar refractivity (Wildman–Crippen MR) is 202 cm³/mol. The van der Waals surface area contributed by atoms with Gasteiger partial charge in [-0.3, -0.25) is 9.59 Å². The van der Waals surface area contributed by atoms with E-state index in [1.165, 1.54) is 6.42 Å². The second-order valence-electron chi connectivity index (χ2n) is 16.0. The molecule has 2 aliphatic carbocycles. The van der Waals surface area contributed by atoms with Crippen LogP contribution in [0.4, 0.5) is 14.9 Å². The van der Waals surface area contributed by atoms with Crippen molar-refractivity contribution in [1.82, 2.24) is 10.2 Å². The van der Waals surface area contributed by atoms with Gasteiger partial charge in [0.1, 0.15) is 30.0 Å². The first kappa shape index (κ1) is 41.5. The number of halogens is 1. The summed E-state index contributed by atoms with van der Waals surface area (Å²) in [4.78, 5) is 55.6. The number of alkyl halides is 1. The van der Waals surface area contributed by atoms with E-state index in [0.717, 1.165) is 32.1 Å². The zero-order chi connectivity index (χ0) is 38.8. The number of rotatable bonds is 15. The molecular formula is C41H60FN3O9. The molecule has 300 valence electrons. The Labute approximate surface area is 318 Å². The van der Waals surface area contributed by atoms with Crippen LogP contribution in [-0.4, -0.2) is 92.2 Å². The first-order valence-corrected chi connectivity index (χ1v) is 20.0. The van der Waals surface area contributed by atoms with Crippen molar-refractivity contribution >= 4 is 40.5 Å². The second-order valence-corrected chi connectivity index (χ2v) is 16.0. The van der Waals surface area contributed by atoms with Gasteiger partial charge in [-0.05, 0) is 109 Å². The average molecular weight is 758 g/mol. The number of ether oxygens (including phenoxy) is 4. The van der Waals surface area contributed by atoms with Crippen molar-refractivity contribution in [2.24, 2.45) is 23.7 Å². The fourth-order valence-electron chi connectivity index (χ4n) is 8.46.